The van der Waals surface area contributed by atoms with Crippen LogP contribution >= 0.6 is 12.6 Å². The summed E-state index contributed by atoms with van der Waals surface area (Å²) in [5.41, 5.74) is 0.978. The molecule has 4 atom stereocenters. The third-order valence-electron chi connectivity index (χ3n) is 4.60. The van der Waals surface area contributed by atoms with Crippen LogP contribution in [-0.2, 0) is 23.8 Å². The van der Waals surface area contributed by atoms with E-state index in [4.69, 9.17) is 14.2 Å². The standard InChI is InChI=1S/C18H23NO6S.C2H6.CH4/c1-5-7-23-17(21)15-12(9-26)10(3)14-13(16(20)19(14)15)11(4)25-18(22)24-8-6-2;1-2;/h5-6,10-11,13-14,26H,1-2,7-9H2,3-4H3;1-2H3;1H4. The number of thiol groups is 1. The molecule has 0 aliphatic carbocycles. The largest absolute Gasteiger partial charge is 0.508 e. The second kappa shape index (κ2) is 12.4. The maximum absolute atomic E-state index is 12.7. The van der Waals surface area contributed by atoms with E-state index in [0.29, 0.717) is 5.75 Å². The molecule has 2 rings (SSSR count). The summed E-state index contributed by atoms with van der Waals surface area (Å²) >= 11 is 4.30. The van der Waals surface area contributed by atoms with Crippen molar-refractivity contribution in [2.75, 3.05) is 19.0 Å². The lowest BCUT2D eigenvalue weighted by Gasteiger charge is -2.47. The van der Waals surface area contributed by atoms with Crippen LogP contribution in [0.25, 0.3) is 0 Å². The summed E-state index contributed by atoms with van der Waals surface area (Å²) in [5, 5.41) is 0. The van der Waals surface area contributed by atoms with Gasteiger partial charge in [0, 0.05) is 11.7 Å². The first-order valence-electron chi connectivity index (χ1n) is 9.28. The zero-order valence-electron chi connectivity index (χ0n) is 16.8. The summed E-state index contributed by atoms with van der Waals surface area (Å²) in [7, 11) is 0. The molecule has 2 aliphatic rings. The van der Waals surface area contributed by atoms with E-state index in [9.17, 15) is 14.4 Å². The van der Waals surface area contributed by atoms with E-state index in [1.165, 1.54) is 17.1 Å². The fourth-order valence-electron chi connectivity index (χ4n) is 3.42. The molecule has 8 heteroatoms. The van der Waals surface area contributed by atoms with E-state index in [1.807, 2.05) is 20.8 Å². The Kier molecular flexibility index (Phi) is 11.4. The number of hydrogen-bond acceptors (Lipinski definition) is 7. The fourth-order valence-corrected chi connectivity index (χ4v) is 3.86. The average molecular weight is 428 g/mol. The zero-order valence-corrected chi connectivity index (χ0v) is 17.7. The molecule has 0 aromatic rings. The number of nitrogens with zero attached hydrogens (tertiary/aromatic N) is 1. The van der Waals surface area contributed by atoms with Crippen molar-refractivity contribution in [1.29, 1.82) is 0 Å². The van der Waals surface area contributed by atoms with Gasteiger partial charge in [0.2, 0.25) is 5.91 Å². The van der Waals surface area contributed by atoms with Gasteiger partial charge in [-0.15, -0.1) is 0 Å². The van der Waals surface area contributed by atoms with Crippen LogP contribution in [0.15, 0.2) is 36.6 Å². The topological polar surface area (TPSA) is 82.1 Å². The molecule has 2 aliphatic heterocycles. The Balaban J connectivity index is 0.00000253. The number of carbonyl (C=O) groups excluding carboxylic acids is 3. The number of esters is 1. The number of rotatable bonds is 8. The van der Waals surface area contributed by atoms with Crippen LogP contribution in [0.3, 0.4) is 0 Å². The number of hydrogen-bond donors (Lipinski definition) is 1. The second-order valence-electron chi connectivity index (χ2n) is 6.11. The highest BCUT2D eigenvalue weighted by Crippen LogP contribution is 2.48. The van der Waals surface area contributed by atoms with E-state index in [2.05, 4.69) is 25.8 Å². The van der Waals surface area contributed by atoms with Crippen LogP contribution in [0.1, 0.15) is 35.1 Å². The Morgan fingerprint density at radius 1 is 1.21 bits per heavy atom. The molecule has 164 valence electrons. The normalized spacial score (nSPS) is 22.7. The second-order valence-corrected chi connectivity index (χ2v) is 6.42. The summed E-state index contributed by atoms with van der Waals surface area (Å²) in [4.78, 5) is 38.1. The van der Waals surface area contributed by atoms with E-state index in [-0.39, 0.29) is 44.2 Å². The summed E-state index contributed by atoms with van der Waals surface area (Å²) in [5.74, 6) is -1.19. The van der Waals surface area contributed by atoms with Crippen molar-refractivity contribution in [3.05, 3.63) is 36.6 Å². The summed E-state index contributed by atoms with van der Waals surface area (Å²) in [6, 6.07) is -0.280. The first-order chi connectivity index (χ1) is 13.4. The average Bonchev–Trinajstić information content (AvgIpc) is 2.94. The van der Waals surface area contributed by atoms with Gasteiger partial charge in [-0.2, -0.15) is 12.6 Å². The van der Waals surface area contributed by atoms with Crippen molar-refractivity contribution in [2.45, 2.75) is 47.3 Å². The van der Waals surface area contributed by atoms with Crippen molar-refractivity contribution in [1.82, 2.24) is 4.90 Å². The minimum absolute atomic E-state index is 0. The van der Waals surface area contributed by atoms with E-state index in [0.717, 1.165) is 5.57 Å². The van der Waals surface area contributed by atoms with Gasteiger partial charge in [-0.1, -0.05) is 53.5 Å². The van der Waals surface area contributed by atoms with Crippen LogP contribution in [0, 0.1) is 11.8 Å². The number of ether oxygens (including phenoxy) is 3. The smallest absolute Gasteiger partial charge is 0.457 e. The highest BCUT2D eigenvalue weighted by molar-refractivity contribution is 7.80. The molecule has 0 N–H and O–H groups in total. The number of β-lactam (4-membered cyclic amide) rings is 1. The molecular formula is C21H33NO6S. The highest BCUT2D eigenvalue weighted by atomic mass is 32.1. The quantitative estimate of drug-likeness (QED) is 0.275. The molecule has 0 radical (unpaired) electrons. The lowest BCUT2D eigenvalue weighted by molar-refractivity contribution is -0.164. The Morgan fingerprint density at radius 2 is 1.76 bits per heavy atom. The Morgan fingerprint density at radius 3 is 2.28 bits per heavy atom. The van der Waals surface area contributed by atoms with Gasteiger partial charge in [-0.3, -0.25) is 4.79 Å². The molecule has 0 bridgehead atoms. The maximum Gasteiger partial charge on any atom is 0.508 e. The van der Waals surface area contributed by atoms with Gasteiger partial charge in [-0.05, 0) is 12.5 Å². The minimum Gasteiger partial charge on any atom is -0.457 e. The molecule has 0 aromatic heterocycles. The highest BCUT2D eigenvalue weighted by Gasteiger charge is 2.60. The molecule has 0 saturated carbocycles. The monoisotopic (exact) mass is 427 g/mol. The third-order valence-corrected chi connectivity index (χ3v) is 4.94. The van der Waals surface area contributed by atoms with Gasteiger partial charge in [0.15, 0.2) is 0 Å². The number of fused-ring (bicyclic) bond motifs is 1. The molecular weight excluding hydrogens is 394 g/mol. The summed E-state index contributed by atoms with van der Waals surface area (Å²) in [6.45, 7) is 14.6. The van der Waals surface area contributed by atoms with Crippen molar-refractivity contribution in [3.63, 3.8) is 0 Å². The SMILES string of the molecule is C.C=CCOC(=O)OC(C)C1C(=O)N2C(C(=O)OCC=C)=C(CS)C(C)C12.CC. The molecule has 0 aromatic carbocycles. The van der Waals surface area contributed by atoms with Crippen LogP contribution in [-0.4, -0.2) is 54.0 Å². The summed E-state index contributed by atoms with van der Waals surface area (Å²) < 4.78 is 15.1. The van der Waals surface area contributed by atoms with Crippen LogP contribution in [0.5, 0.6) is 0 Å². The molecule has 2 heterocycles. The third kappa shape index (κ3) is 5.44. The minimum atomic E-state index is -0.859. The van der Waals surface area contributed by atoms with Crippen LogP contribution < -0.4 is 0 Å². The fraction of sp³-hybridized carbons (Fsp3) is 0.571. The predicted octanol–water partition coefficient (Wildman–Crippen LogP) is 3.77. The molecule has 1 saturated heterocycles. The van der Waals surface area contributed by atoms with Gasteiger partial charge in [0.05, 0.1) is 12.0 Å². The lowest BCUT2D eigenvalue weighted by atomic mass is 9.78. The summed E-state index contributed by atoms with van der Waals surface area (Å²) in [6.07, 6.45) is 1.33. The predicted molar refractivity (Wildman–Crippen MR) is 115 cm³/mol. The first kappa shape index (κ1) is 26.8. The van der Waals surface area contributed by atoms with Crippen molar-refractivity contribution in [2.24, 2.45) is 11.8 Å². The van der Waals surface area contributed by atoms with Crippen LogP contribution in [0.2, 0.25) is 0 Å². The molecule has 0 spiro atoms. The van der Waals surface area contributed by atoms with Gasteiger partial charge in [-0.25, -0.2) is 9.59 Å². The molecule has 4 unspecified atom stereocenters. The maximum atomic E-state index is 12.7. The van der Waals surface area contributed by atoms with Gasteiger partial charge < -0.3 is 19.1 Å². The van der Waals surface area contributed by atoms with Gasteiger partial charge >= 0.3 is 12.1 Å². The molecule has 1 amide bonds. The molecule has 7 nitrogen and oxygen atoms in total. The van der Waals surface area contributed by atoms with Gasteiger partial charge in [0.1, 0.15) is 25.0 Å². The van der Waals surface area contributed by atoms with Crippen molar-refractivity contribution in [3.8, 4) is 0 Å². The van der Waals surface area contributed by atoms with Crippen molar-refractivity contribution >= 4 is 30.7 Å². The van der Waals surface area contributed by atoms with Crippen molar-refractivity contribution < 1.29 is 28.6 Å². The Bertz CT molecular complexity index is 660. The lowest BCUT2D eigenvalue weighted by Crippen LogP contribution is -2.64. The number of carbonyl (C=O) groups is 3. The number of amides is 1. The zero-order chi connectivity index (χ0) is 21.4. The van der Waals surface area contributed by atoms with E-state index >= 15 is 0 Å². The van der Waals surface area contributed by atoms with Crippen LogP contribution in [0.4, 0.5) is 4.79 Å². The molecule has 29 heavy (non-hydrogen) atoms. The first-order valence-corrected chi connectivity index (χ1v) is 9.91. The van der Waals surface area contributed by atoms with E-state index in [1.54, 1.807) is 6.92 Å². The molecule has 1 fully saturated rings. The van der Waals surface area contributed by atoms with Gasteiger partial charge in [0.25, 0.3) is 0 Å². The Labute approximate surface area is 179 Å². The Hall–Kier alpha value is -2.22. The van der Waals surface area contributed by atoms with E-state index < -0.39 is 24.1 Å².